The summed E-state index contributed by atoms with van der Waals surface area (Å²) in [5, 5.41) is 6.26. The van der Waals surface area contributed by atoms with Crippen LogP contribution in [-0.4, -0.2) is 32.7 Å². The predicted octanol–water partition coefficient (Wildman–Crippen LogP) is 2.18. The SMILES string of the molecule is COCCNCC(=O)NC1(c2cccc(Br)c2)CCC1. The maximum Gasteiger partial charge on any atom is 0.234 e. The third kappa shape index (κ3) is 3.81. The predicted molar refractivity (Wildman–Crippen MR) is 82.6 cm³/mol. The fourth-order valence-corrected chi connectivity index (χ4v) is 2.89. The molecule has 5 heteroatoms. The summed E-state index contributed by atoms with van der Waals surface area (Å²) < 4.78 is 5.99. The van der Waals surface area contributed by atoms with Gasteiger partial charge in [-0.1, -0.05) is 28.1 Å². The first kappa shape index (κ1) is 15.5. The summed E-state index contributed by atoms with van der Waals surface area (Å²) in [6, 6.07) is 8.20. The second kappa shape index (κ2) is 7.20. The van der Waals surface area contributed by atoms with Crippen molar-refractivity contribution in [2.45, 2.75) is 24.8 Å². The molecule has 0 bridgehead atoms. The van der Waals surface area contributed by atoms with Crippen LogP contribution in [0.25, 0.3) is 0 Å². The molecule has 1 aromatic carbocycles. The molecule has 4 nitrogen and oxygen atoms in total. The van der Waals surface area contributed by atoms with Crippen molar-refractivity contribution in [3.63, 3.8) is 0 Å². The topological polar surface area (TPSA) is 50.4 Å². The van der Waals surface area contributed by atoms with Gasteiger partial charge in [0.2, 0.25) is 5.91 Å². The van der Waals surface area contributed by atoms with Crippen molar-refractivity contribution in [2.75, 3.05) is 26.8 Å². The molecule has 1 fully saturated rings. The maximum absolute atomic E-state index is 12.0. The molecule has 110 valence electrons. The molecule has 20 heavy (non-hydrogen) atoms. The summed E-state index contributed by atoms with van der Waals surface area (Å²) in [5.74, 6) is 0.0424. The number of ether oxygens (including phenoxy) is 1. The quantitative estimate of drug-likeness (QED) is 0.748. The first-order valence-electron chi connectivity index (χ1n) is 6.93. The van der Waals surface area contributed by atoms with Crippen LogP contribution in [0, 0.1) is 0 Å². The Morgan fingerprint density at radius 2 is 2.25 bits per heavy atom. The van der Waals surface area contributed by atoms with E-state index >= 15 is 0 Å². The minimum atomic E-state index is -0.177. The molecule has 2 rings (SSSR count). The van der Waals surface area contributed by atoms with Crippen LogP contribution in [-0.2, 0) is 15.1 Å². The van der Waals surface area contributed by atoms with Gasteiger partial charge >= 0.3 is 0 Å². The minimum Gasteiger partial charge on any atom is -0.383 e. The molecule has 0 aliphatic heterocycles. The van der Waals surface area contributed by atoms with Crippen LogP contribution < -0.4 is 10.6 Å². The van der Waals surface area contributed by atoms with E-state index in [1.54, 1.807) is 7.11 Å². The van der Waals surface area contributed by atoms with Crippen LogP contribution >= 0.6 is 15.9 Å². The van der Waals surface area contributed by atoms with Crippen molar-refractivity contribution in [1.29, 1.82) is 0 Å². The summed E-state index contributed by atoms with van der Waals surface area (Å²) in [6.07, 6.45) is 3.17. The van der Waals surface area contributed by atoms with Gasteiger partial charge in [0.05, 0.1) is 18.7 Å². The van der Waals surface area contributed by atoms with Crippen LogP contribution in [0.3, 0.4) is 0 Å². The minimum absolute atomic E-state index is 0.0424. The molecule has 1 aliphatic rings. The van der Waals surface area contributed by atoms with Gasteiger partial charge in [-0.2, -0.15) is 0 Å². The van der Waals surface area contributed by atoms with Crippen LogP contribution in [0.1, 0.15) is 24.8 Å². The van der Waals surface area contributed by atoms with Crippen LogP contribution in [0.4, 0.5) is 0 Å². The molecule has 0 spiro atoms. The van der Waals surface area contributed by atoms with Gasteiger partial charge in [-0.25, -0.2) is 0 Å². The Labute approximate surface area is 128 Å². The Morgan fingerprint density at radius 1 is 1.45 bits per heavy atom. The van der Waals surface area contributed by atoms with Gasteiger partial charge in [-0.05, 0) is 37.0 Å². The van der Waals surface area contributed by atoms with Gasteiger partial charge in [-0.3, -0.25) is 4.79 Å². The van der Waals surface area contributed by atoms with E-state index in [1.165, 1.54) is 5.56 Å². The van der Waals surface area contributed by atoms with Gasteiger partial charge in [-0.15, -0.1) is 0 Å². The van der Waals surface area contributed by atoms with Gasteiger partial charge in [0.25, 0.3) is 0 Å². The van der Waals surface area contributed by atoms with Crippen LogP contribution in [0.5, 0.6) is 0 Å². The van der Waals surface area contributed by atoms with E-state index in [9.17, 15) is 4.79 Å². The van der Waals surface area contributed by atoms with Gasteiger partial charge < -0.3 is 15.4 Å². The average molecular weight is 341 g/mol. The van der Waals surface area contributed by atoms with E-state index in [4.69, 9.17) is 4.74 Å². The smallest absolute Gasteiger partial charge is 0.234 e. The van der Waals surface area contributed by atoms with Crippen LogP contribution in [0.15, 0.2) is 28.7 Å². The summed E-state index contributed by atoms with van der Waals surface area (Å²) in [7, 11) is 1.65. The normalized spacial score (nSPS) is 16.5. The van der Waals surface area contributed by atoms with E-state index in [2.05, 4.69) is 38.7 Å². The number of methoxy groups -OCH3 is 1. The number of nitrogens with one attached hydrogen (secondary N) is 2. The first-order chi connectivity index (χ1) is 9.66. The van der Waals surface area contributed by atoms with Crippen molar-refractivity contribution < 1.29 is 9.53 Å². The number of hydrogen-bond donors (Lipinski definition) is 2. The van der Waals surface area contributed by atoms with E-state index in [-0.39, 0.29) is 11.4 Å². The molecule has 1 amide bonds. The lowest BCUT2D eigenvalue weighted by Crippen LogP contribution is -2.53. The number of benzene rings is 1. The first-order valence-corrected chi connectivity index (χ1v) is 7.72. The highest BCUT2D eigenvalue weighted by Crippen LogP contribution is 2.41. The Bertz CT molecular complexity index is 461. The second-order valence-electron chi connectivity index (χ2n) is 5.16. The van der Waals surface area contributed by atoms with Crippen molar-refractivity contribution in [3.05, 3.63) is 34.3 Å². The highest BCUT2D eigenvalue weighted by molar-refractivity contribution is 9.10. The van der Waals surface area contributed by atoms with Crippen LogP contribution in [0.2, 0.25) is 0 Å². The molecule has 0 heterocycles. The molecule has 0 radical (unpaired) electrons. The lowest BCUT2D eigenvalue weighted by atomic mass is 9.72. The Hall–Kier alpha value is -0.910. The number of carbonyl (C=O) groups is 1. The zero-order valence-electron chi connectivity index (χ0n) is 11.7. The molecule has 0 atom stereocenters. The van der Waals surface area contributed by atoms with Gasteiger partial charge in [0, 0.05) is 18.1 Å². The summed E-state index contributed by atoms with van der Waals surface area (Å²) in [5.41, 5.74) is 1.01. The van der Waals surface area contributed by atoms with E-state index in [1.807, 2.05) is 12.1 Å². The van der Waals surface area contributed by atoms with Crippen molar-refractivity contribution >= 4 is 21.8 Å². The average Bonchev–Trinajstić information content (AvgIpc) is 2.39. The Balaban J connectivity index is 1.93. The molecule has 1 saturated carbocycles. The molecule has 0 saturated heterocycles. The standard InChI is InChI=1S/C15H21BrN2O2/c1-20-9-8-17-11-14(19)18-15(6-3-7-15)12-4-2-5-13(16)10-12/h2,4-5,10,17H,3,6-9,11H2,1H3,(H,18,19). The fourth-order valence-electron chi connectivity index (χ4n) is 2.49. The van der Waals surface area contributed by atoms with Gasteiger partial charge in [0.15, 0.2) is 0 Å². The number of hydrogen-bond acceptors (Lipinski definition) is 3. The second-order valence-corrected chi connectivity index (χ2v) is 6.08. The largest absolute Gasteiger partial charge is 0.383 e. The maximum atomic E-state index is 12.0. The molecule has 0 unspecified atom stereocenters. The number of halogens is 1. The van der Waals surface area contributed by atoms with Gasteiger partial charge in [0.1, 0.15) is 0 Å². The zero-order chi connectivity index (χ0) is 14.4. The van der Waals surface area contributed by atoms with Crippen molar-refractivity contribution in [2.24, 2.45) is 0 Å². The van der Waals surface area contributed by atoms with E-state index < -0.39 is 0 Å². The third-order valence-corrected chi connectivity index (χ3v) is 4.22. The fraction of sp³-hybridized carbons (Fsp3) is 0.533. The molecular formula is C15H21BrN2O2. The molecule has 0 aromatic heterocycles. The van der Waals surface area contributed by atoms with Crippen molar-refractivity contribution in [1.82, 2.24) is 10.6 Å². The summed E-state index contributed by atoms with van der Waals surface area (Å²) in [4.78, 5) is 12.0. The highest BCUT2D eigenvalue weighted by Gasteiger charge is 2.39. The zero-order valence-corrected chi connectivity index (χ0v) is 13.3. The Morgan fingerprint density at radius 3 is 2.85 bits per heavy atom. The van der Waals surface area contributed by atoms with E-state index in [0.717, 1.165) is 23.7 Å². The summed E-state index contributed by atoms with van der Waals surface area (Å²) >= 11 is 3.49. The number of rotatable bonds is 7. The highest BCUT2D eigenvalue weighted by atomic mass is 79.9. The monoisotopic (exact) mass is 340 g/mol. The molecule has 2 N–H and O–H groups in total. The molecular weight excluding hydrogens is 320 g/mol. The number of carbonyl (C=O) groups excluding carboxylic acids is 1. The lowest BCUT2D eigenvalue weighted by Gasteiger charge is -2.43. The number of amides is 1. The summed E-state index contributed by atoms with van der Waals surface area (Å²) in [6.45, 7) is 1.64. The Kier molecular flexibility index (Phi) is 5.57. The molecule has 1 aliphatic carbocycles. The third-order valence-electron chi connectivity index (χ3n) is 3.73. The lowest BCUT2D eigenvalue weighted by molar-refractivity contribution is -0.123. The molecule has 1 aromatic rings. The van der Waals surface area contributed by atoms with Crippen molar-refractivity contribution in [3.8, 4) is 0 Å². The van der Waals surface area contributed by atoms with E-state index in [0.29, 0.717) is 19.7 Å².